The predicted octanol–water partition coefficient (Wildman–Crippen LogP) is 22.1. The molecule has 0 rings (SSSR count). The van der Waals surface area contributed by atoms with Gasteiger partial charge < -0.3 is 20.3 Å². The molecule has 3 N–H and O–H groups in total. The Morgan fingerprint density at radius 3 is 1.00 bits per heavy atom. The summed E-state index contributed by atoms with van der Waals surface area (Å²) in [6.07, 6.45) is 82.3. The second kappa shape index (κ2) is 65.9. The van der Waals surface area contributed by atoms with Crippen LogP contribution in [0.5, 0.6) is 0 Å². The molecule has 0 aromatic carbocycles. The molecule has 2 unspecified atom stereocenters. The maximum absolute atomic E-state index is 12.5. The molecule has 2 atom stereocenters. The molecule has 450 valence electrons. The molecule has 6 heteroatoms. The number of hydrogen-bond acceptors (Lipinski definition) is 5. The molecule has 0 aliphatic heterocycles. The van der Waals surface area contributed by atoms with Gasteiger partial charge in [0, 0.05) is 12.8 Å². The van der Waals surface area contributed by atoms with Gasteiger partial charge in [0.05, 0.1) is 25.4 Å². The number of amides is 1. The summed E-state index contributed by atoms with van der Waals surface area (Å²) in [6.45, 7) is 4.97. The summed E-state index contributed by atoms with van der Waals surface area (Å²) in [5.41, 5.74) is 0. The minimum absolute atomic E-state index is 0.0176. The maximum Gasteiger partial charge on any atom is 0.305 e. The third kappa shape index (κ3) is 61.6. The largest absolute Gasteiger partial charge is 0.466 e. The lowest BCUT2D eigenvalue weighted by Crippen LogP contribution is -2.45. The van der Waals surface area contributed by atoms with Crippen LogP contribution in [0.2, 0.25) is 0 Å². The number of nitrogens with one attached hydrogen (secondary N) is 1. The van der Waals surface area contributed by atoms with Crippen LogP contribution in [0.4, 0.5) is 0 Å². The van der Waals surface area contributed by atoms with Gasteiger partial charge in [-0.25, -0.2) is 0 Å². The molecule has 0 aliphatic rings. The van der Waals surface area contributed by atoms with Crippen molar-refractivity contribution in [3.05, 3.63) is 24.3 Å². The van der Waals surface area contributed by atoms with E-state index >= 15 is 0 Å². The molecule has 0 saturated carbocycles. The third-order valence-electron chi connectivity index (χ3n) is 16.3. The van der Waals surface area contributed by atoms with Gasteiger partial charge in [-0.2, -0.15) is 0 Å². The highest BCUT2D eigenvalue weighted by molar-refractivity contribution is 5.76. The first-order valence-electron chi connectivity index (χ1n) is 34.6. The fraction of sp³-hybridized carbons (Fsp3) is 0.914. The molecule has 0 fully saturated rings. The van der Waals surface area contributed by atoms with Gasteiger partial charge >= 0.3 is 5.97 Å². The number of ether oxygens (including phenoxy) is 1. The van der Waals surface area contributed by atoms with E-state index in [4.69, 9.17) is 4.74 Å². The number of aliphatic hydroxyl groups excluding tert-OH is 2. The van der Waals surface area contributed by atoms with E-state index in [0.717, 1.165) is 44.9 Å². The Morgan fingerprint density at radius 2 is 0.658 bits per heavy atom. The number of rotatable bonds is 65. The van der Waals surface area contributed by atoms with Gasteiger partial charge in [0.2, 0.25) is 5.91 Å². The summed E-state index contributed by atoms with van der Waals surface area (Å²) in [7, 11) is 0. The van der Waals surface area contributed by atoms with Gasteiger partial charge in [-0.3, -0.25) is 9.59 Å². The molecule has 6 nitrogen and oxygen atoms in total. The number of unbranched alkanes of at least 4 members (excludes halogenated alkanes) is 50. The van der Waals surface area contributed by atoms with Crippen molar-refractivity contribution >= 4 is 11.9 Å². The minimum atomic E-state index is -0.661. The van der Waals surface area contributed by atoms with E-state index in [1.54, 1.807) is 0 Å². The van der Waals surface area contributed by atoms with Gasteiger partial charge in [0.25, 0.3) is 0 Å². The third-order valence-corrected chi connectivity index (χ3v) is 16.3. The summed E-state index contributed by atoms with van der Waals surface area (Å²) < 4.78 is 5.49. The molecule has 76 heavy (non-hydrogen) atoms. The molecule has 0 bridgehead atoms. The van der Waals surface area contributed by atoms with E-state index in [2.05, 4.69) is 43.5 Å². The number of aliphatic hydroxyl groups is 2. The Balaban J connectivity index is 3.35. The quantitative estimate of drug-likeness (QED) is 0.0320. The average molecular weight is 1070 g/mol. The minimum Gasteiger partial charge on any atom is -0.466 e. The van der Waals surface area contributed by atoms with Crippen molar-refractivity contribution in [1.29, 1.82) is 0 Å². The van der Waals surface area contributed by atoms with Crippen molar-refractivity contribution < 1.29 is 24.5 Å². The first-order chi connectivity index (χ1) is 37.5. The lowest BCUT2D eigenvalue weighted by molar-refractivity contribution is -0.143. The van der Waals surface area contributed by atoms with Crippen LogP contribution in [0.15, 0.2) is 24.3 Å². The number of carbonyl (C=O) groups excluding carboxylic acids is 2. The molecule has 0 aromatic heterocycles. The van der Waals surface area contributed by atoms with Crippen molar-refractivity contribution in [2.45, 2.75) is 398 Å². The second-order valence-electron chi connectivity index (χ2n) is 23.9. The summed E-state index contributed by atoms with van der Waals surface area (Å²) in [5.74, 6) is -0.0147. The molecule has 0 aliphatic carbocycles. The number of allylic oxidation sites excluding steroid dienone is 4. The van der Waals surface area contributed by atoms with Crippen LogP contribution in [-0.2, 0) is 14.3 Å². The number of esters is 1. The summed E-state index contributed by atoms with van der Waals surface area (Å²) in [6, 6.07) is -0.538. The lowest BCUT2D eigenvalue weighted by Gasteiger charge is -2.22. The summed E-state index contributed by atoms with van der Waals surface area (Å²) in [4.78, 5) is 24.5. The number of carbonyl (C=O) groups is 2. The first kappa shape index (κ1) is 74.3. The lowest BCUT2D eigenvalue weighted by atomic mass is 10.0. The van der Waals surface area contributed by atoms with Crippen molar-refractivity contribution in [2.24, 2.45) is 0 Å². The predicted molar refractivity (Wildman–Crippen MR) is 333 cm³/mol. The first-order valence-corrected chi connectivity index (χ1v) is 34.6. The Hall–Kier alpha value is -1.66. The fourth-order valence-electron chi connectivity index (χ4n) is 11.0. The van der Waals surface area contributed by atoms with Gasteiger partial charge in [-0.05, 0) is 57.8 Å². The second-order valence-corrected chi connectivity index (χ2v) is 23.9. The highest BCUT2D eigenvalue weighted by Gasteiger charge is 2.20. The zero-order valence-corrected chi connectivity index (χ0v) is 51.5. The molecular weight excluding hydrogens is 935 g/mol. The van der Waals surface area contributed by atoms with E-state index in [1.807, 2.05) is 0 Å². The van der Waals surface area contributed by atoms with Gasteiger partial charge in [-0.15, -0.1) is 0 Å². The van der Waals surface area contributed by atoms with Crippen molar-refractivity contribution in [3.8, 4) is 0 Å². The topological polar surface area (TPSA) is 95.9 Å². The van der Waals surface area contributed by atoms with E-state index in [9.17, 15) is 19.8 Å². The molecule has 0 saturated heterocycles. The molecular formula is C70H135NO5. The summed E-state index contributed by atoms with van der Waals surface area (Å²) >= 11 is 0. The van der Waals surface area contributed by atoms with Gasteiger partial charge in [0.1, 0.15) is 0 Å². The monoisotopic (exact) mass is 1070 g/mol. The smallest absolute Gasteiger partial charge is 0.305 e. The molecule has 1 amide bonds. The standard InChI is InChI=1S/C70H135NO5/c1-3-5-7-9-11-13-15-16-36-40-44-48-52-56-60-64-70(75)76-65-61-57-53-49-45-41-38-35-33-31-29-27-25-23-21-19-17-18-20-22-24-26-28-30-32-34-37-39-43-47-51-55-59-63-69(74)71-67(66-72)68(73)62-58-54-50-46-42-14-12-10-8-6-4-2/h21,23,27,29,67-68,72-73H,3-20,22,24-26,28,30-66H2,1-2H3,(H,71,74)/b23-21-,29-27-. The maximum atomic E-state index is 12.5. The van der Waals surface area contributed by atoms with E-state index in [0.29, 0.717) is 25.9 Å². The van der Waals surface area contributed by atoms with Crippen LogP contribution in [0.3, 0.4) is 0 Å². The SMILES string of the molecule is CCCCCCCCCCCCCCCCCC(=O)OCCCCCCCCCCC/C=C\C/C=C\CCCCCCCCCCCCCCCCCCCC(=O)NC(CO)C(O)CCCCCCCCCCCCC. The Bertz CT molecular complexity index is 1190. The van der Waals surface area contributed by atoms with Crippen LogP contribution >= 0.6 is 0 Å². The zero-order chi connectivity index (χ0) is 55.0. The highest BCUT2D eigenvalue weighted by atomic mass is 16.5. The van der Waals surface area contributed by atoms with E-state index < -0.39 is 12.1 Å². The highest BCUT2D eigenvalue weighted by Crippen LogP contribution is 2.19. The normalized spacial score (nSPS) is 12.6. The van der Waals surface area contributed by atoms with Crippen molar-refractivity contribution in [2.75, 3.05) is 13.2 Å². The average Bonchev–Trinajstić information content (AvgIpc) is 3.42. The molecule has 0 spiro atoms. The van der Waals surface area contributed by atoms with Crippen LogP contribution in [0, 0.1) is 0 Å². The number of hydrogen-bond donors (Lipinski definition) is 3. The Morgan fingerprint density at radius 1 is 0.368 bits per heavy atom. The van der Waals surface area contributed by atoms with Gasteiger partial charge in [0.15, 0.2) is 0 Å². The van der Waals surface area contributed by atoms with Crippen LogP contribution < -0.4 is 5.32 Å². The molecule has 0 radical (unpaired) electrons. The molecule has 0 heterocycles. The zero-order valence-electron chi connectivity index (χ0n) is 51.5. The fourth-order valence-corrected chi connectivity index (χ4v) is 11.0. The van der Waals surface area contributed by atoms with Crippen LogP contribution in [-0.4, -0.2) is 47.4 Å². The summed E-state index contributed by atoms with van der Waals surface area (Å²) in [5, 5.41) is 23.2. The van der Waals surface area contributed by atoms with E-state index in [1.165, 1.54) is 308 Å². The van der Waals surface area contributed by atoms with Crippen LogP contribution in [0.1, 0.15) is 386 Å². The molecule has 0 aromatic rings. The van der Waals surface area contributed by atoms with Crippen molar-refractivity contribution in [3.63, 3.8) is 0 Å². The van der Waals surface area contributed by atoms with E-state index in [-0.39, 0.29) is 18.5 Å². The van der Waals surface area contributed by atoms with Crippen LogP contribution in [0.25, 0.3) is 0 Å². The Labute approximate surface area is 475 Å². The van der Waals surface area contributed by atoms with Gasteiger partial charge in [-0.1, -0.05) is 340 Å². The Kier molecular flexibility index (Phi) is 64.4. The van der Waals surface area contributed by atoms with Crippen molar-refractivity contribution in [1.82, 2.24) is 5.32 Å².